The largest absolute Gasteiger partial charge is 0.452 e. The number of nitrogens with one attached hydrogen (secondary N) is 2. The lowest BCUT2D eigenvalue weighted by atomic mass is 10.0. The number of hydrogen-bond donors (Lipinski definition) is 2. The molecule has 2 aromatic carbocycles. The van der Waals surface area contributed by atoms with Gasteiger partial charge in [-0.3, -0.25) is 4.79 Å². The van der Waals surface area contributed by atoms with E-state index in [1.807, 2.05) is 12.1 Å². The predicted molar refractivity (Wildman–Crippen MR) is 118 cm³/mol. The topological polar surface area (TPSA) is 102 Å². The van der Waals surface area contributed by atoms with Gasteiger partial charge in [-0.1, -0.05) is 44.0 Å². The molecule has 0 aliphatic carbocycles. The fourth-order valence-corrected chi connectivity index (χ4v) is 3.61. The van der Waals surface area contributed by atoms with Gasteiger partial charge in [0.25, 0.3) is 5.91 Å². The number of terminal acetylenes is 1. The van der Waals surface area contributed by atoms with E-state index in [0.717, 1.165) is 5.56 Å². The highest BCUT2D eigenvalue weighted by Gasteiger charge is 2.15. The maximum absolute atomic E-state index is 12.1. The van der Waals surface area contributed by atoms with Gasteiger partial charge in [-0.25, -0.2) is 13.2 Å². The third-order valence-corrected chi connectivity index (χ3v) is 5.90. The summed E-state index contributed by atoms with van der Waals surface area (Å²) in [7, 11) is -3.74. The molecule has 0 radical (unpaired) electrons. The zero-order chi connectivity index (χ0) is 22.9. The zero-order valence-corrected chi connectivity index (χ0v) is 18.4. The molecule has 0 saturated heterocycles. The highest BCUT2D eigenvalue weighted by molar-refractivity contribution is 7.89. The number of sulfonamides is 1. The first-order valence-electron chi connectivity index (χ1n) is 9.79. The second-order valence-corrected chi connectivity index (χ2v) is 8.89. The summed E-state index contributed by atoms with van der Waals surface area (Å²) in [6.45, 7) is 4.13. The van der Waals surface area contributed by atoms with Crippen molar-refractivity contribution in [3.63, 3.8) is 0 Å². The molecule has 2 aromatic rings. The summed E-state index contributed by atoms with van der Waals surface area (Å²) in [5.41, 5.74) is 2.50. The van der Waals surface area contributed by atoms with Crippen LogP contribution in [-0.4, -0.2) is 40.0 Å². The minimum Gasteiger partial charge on any atom is -0.452 e. The standard InChI is InChI=1S/C23H26N2O5S/c1-4-14-25-31(28,29)21-11-9-20(10-12-21)23(27)30-16-22(26)24-15-13-18-5-7-19(8-6-18)17(2)3/h1,5-12,17,25H,13-16H2,2-3H3,(H,24,26). The van der Waals surface area contributed by atoms with Gasteiger partial charge in [0.2, 0.25) is 10.0 Å². The van der Waals surface area contributed by atoms with Crippen molar-refractivity contribution in [2.24, 2.45) is 0 Å². The maximum atomic E-state index is 12.1. The molecule has 0 aromatic heterocycles. The molecule has 0 heterocycles. The lowest BCUT2D eigenvalue weighted by Gasteiger charge is -2.09. The molecule has 0 fully saturated rings. The number of benzene rings is 2. The Balaban J connectivity index is 1.77. The summed E-state index contributed by atoms with van der Waals surface area (Å²) in [6.07, 6.45) is 5.71. The monoisotopic (exact) mass is 442 g/mol. The van der Waals surface area contributed by atoms with Gasteiger partial charge in [-0.2, -0.15) is 4.72 Å². The molecule has 31 heavy (non-hydrogen) atoms. The van der Waals surface area contributed by atoms with E-state index in [9.17, 15) is 18.0 Å². The second-order valence-electron chi connectivity index (χ2n) is 7.13. The maximum Gasteiger partial charge on any atom is 0.338 e. The van der Waals surface area contributed by atoms with Crippen LogP contribution >= 0.6 is 0 Å². The molecule has 2 rings (SSSR count). The van der Waals surface area contributed by atoms with Gasteiger partial charge in [-0.15, -0.1) is 6.42 Å². The minimum absolute atomic E-state index is 0.0292. The quantitative estimate of drug-likeness (QED) is 0.434. The van der Waals surface area contributed by atoms with Crippen LogP contribution in [0.15, 0.2) is 53.4 Å². The molecule has 8 heteroatoms. The van der Waals surface area contributed by atoms with Crippen molar-refractivity contribution in [2.45, 2.75) is 31.1 Å². The molecule has 0 atom stereocenters. The number of hydrogen-bond acceptors (Lipinski definition) is 5. The molecular weight excluding hydrogens is 416 g/mol. The smallest absolute Gasteiger partial charge is 0.338 e. The van der Waals surface area contributed by atoms with Gasteiger partial charge < -0.3 is 10.1 Å². The molecule has 0 unspecified atom stereocenters. The van der Waals surface area contributed by atoms with E-state index in [1.165, 1.54) is 29.8 Å². The normalized spacial score (nSPS) is 11.0. The fourth-order valence-electron chi connectivity index (χ4n) is 2.67. The number of carbonyl (C=O) groups is 2. The van der Waals surface area contributed by atoms with Crippen LogP contribution in [0.2, 0.25) is 0 Å². The lowest BCUT2D eigenvalue weighted by molar-refractivity contribution is -0.124. The van der Waals surface area contributed by atoms with Crippen LogP contribution in [0.5, 0.6) is 0 Å². The molecule has 2 N–H and O–H groups in total. The summed E-state index contributed by atoms with van der Waals surface area (Å²) in [5, 5.41) is 2.70. The Bertz CT molecular complexity index is 1040. The first kappa shape index (κ1) is 24.1. The van der Waals surface area contributed by atoms with E-state index in [4.69, 9.17) is 11.2 Å². The number of carbonyl (C=O) groups excluding carboxylic acids is 2. The van der Waals surface area contributed by atoms with Gasteiger partial charge >= 0.3 is 5.97 Å². The number of rotatable bonds is 10. The van der Waals surface area contributed by atoms with Crippen molar-refractivity contribution in [3.8, 4) is 12.3 Å². The Morgan fingerprint density at radius 1 is 1.06 bits per heavy atom. The second kappa shape index (κ2) is 11.3. The molecule has 0 bridgehead atoms. The van der Waals surface area contributed by atoms with Crippen LogP contribution in [0.25, 0.3) is 0 Å². The summed E-state index contributed by atoms with van der Waals surface area (Å²) in [5.74, 6) is 1.51. The van der Waals surface area contributed by atoms with Crippen molar-refractivity contribution in [3.05, 3.63) is 65.2 Å². The van der Waals surface area contributed by atoms with Crippen molar-refractivity contribution < 1.29 is 22.7 Å². The van der Waals surface area contributed by atoms with E-state index < -0.39 is 28.5 Å². The van der Waals surface area contributed by atoms with Crippen LogP contribution in [0.4, 0.5) is 0 Å². The van der Waals surface area contributed by atoms with Gasteiger partial charge in [0.05, 0.1) is 17.0 Å². The van der Waals surface area contributed by atoms with Gasteiger partial charge in [-0.05, 0) is 47.7 Å². The van der Waals surface area contributed by atoms with Gasteiger partial charge in [0.15, 0.2) is 6.61 Å². The third-order valence-electron chi connectivity index (χ3n) is 4.48. The van der Waals surface area contributed by atoms with E-state index in [-0.39, 0.29) is 17.0 Å². The SMILES string of the molecule is C#CCNS(=O)(=O)c1ccc(C(=O)OCC(=O)NCCc2ccc(C(C)C)cc2)cc1. The van der Waals surface area contributed by atoms with Crippen molar-refractivity contribution in [1.29, 1.82) is 0 Å². The molecule has 0 spiro atoms. The highest BCUT2D eigenvalue weighted by Crippen LogP contribution is 2.15. The predicted octanol–water partition coefficient (Wildman–Crippen LogP) is 2.24. The Hall–Kier alpha value is -3.15. The Kier molecular flexibility index (Phi) is 8.79. The van der Waals surface area contributed by atoms with Crippen molar-refractivity contribution >= 4 is 21.9 Å². The van der Waals surface area contributed by atoms with Crippen LogP contribution < -0.4 is 10.0 Å². The number of amides is 1. The van der Waals surface area contributed by atoms with E-state index in [0.29, 0.717) is 18.9 Å². The highest BCUT2D eigenvalue weighted by atomic mass is 32.2. The molecular formula is C23H26N2O5S. The third kappa shape index (κ3) is 7.55. The van der Waals surface area contributed by atoms with Crippen molar-refractivity contribution in [1.82, 2.24) is 10.0 Å². The van der Waals surface area contributed by atoms with Crippen LogP contribution in [-0.2, 0) is 26.0 Å². The summed E-state index contributed by atoms with van der Waals surface area (Å²) in [4.78, 5) is 23.9. The van der Waals surface area contributed by atoms with Crippen LogP contribution in [0.1, 0.15) is 41.3 Å². The first-order chi connectivity index (χ1) is 14.7. The lowest BCUT2D eigenvalue weighted by Crippen LogP contribution is -2.30. The summed E-state index contributed by atoms with van der Waals surface area (Å²) >= 11 is 0. The average Bonchev–Trinajstić information content (AvgIpc) is 2.76. The minimum atomic E-state index is -3.74. The molecule has 0 aliphatic rings. The molecule has 0 saturated carbocycles. The Morgan fingerprint density at radius 2 is 1.71 bits per heavy atom. The van der Waals surface area contributed by atoms with Crippen molar-refractivity contribution in [2.75, 3.05) is 19.7 Å². The van der Waals surface area contributed by atoms with E-state index in [1.54, 1.807) is 0 Å². The average molecular weight is 443 g/mol. The molecule has 7 nitrogen and oxygen atoms in total. The summed E-state index contributed by atoms with van der Waals surface area (Å²) < 4.78 is 31.1. The zero-order valence-electron chi connectivity index (χ0n) is 17.6. The van der Waals surface area contributed by atoms with Gasteiger partial charge in [0, 0.05) is 6.54 Å². The number of ether oxygens (including phenoxy) is 1. The Morgan fingerprint density at radius 3 is 2.29 bits per heavy atom. The molecule has 1 amide bonds. The van der Waals surface area contributed by atoms with Crippen LogP contribution in [0.3, 0.4) is 0 Å². The van der Waals surface area contributed by atoms with E-state index >= 15 is 0 Å². The first-order valence-corrected chi connectivity index (χ1v) is 11.3. The van der Waals surface area contributed by atoms with E-state index in [2.05, 4.69) is 41.9 Å². The Labute approximate surface area is 183 Å². The number of esters is 1. The van der Waals surface area contributed by atoms with Gasteiger partial charge in [0.1, 0.15) is 0 Å². The molecule has 164 valence electrons. The fraction of sp³-hybridized carbons (Fsp3) is 0.304. The summed E-state index contributed by atoms with van der Waals surface area (Å²) in [6, 6.07) is 13.4. The van der Waals surface area contributed by atoms with Crippen LogP contribution in [0, 0.1) is 12.3 Å². The molecule has 0 aliphatic heterocycles.